The fraction of sp³-hybridized carbons (Fsp3) is 0.700. The van der Waals surface area contributed by atoms with E-state index in [0.29, 0.717) is 6.54 Å². The van der Waals surface area contributed by atoms with Crippen LogP contribution < -0.4 is 0 Å². The van der Waals surface area contributed by atoms with Crippen molar-refractivity contribution in [3.8, 4) is 0 Å². The Labute approximate surface area is 79.0 Å². The number of rotatable bonds is 0. The van der Waals surface area contributed by atoms with Crippen LogP contribution in [0.25, 0.3) is 0 Å². The predicted octanol–water partition coefficient (Wildman–Crippen LogP) is 2.34. The highest BCUT2D eigenvalue weighted by Crippen LogP contribution is 2.29. The first-order chi connectivity index (χ1) is 5.93. The number of hydrogen-bond donors (Lipinski definition) is 1. The summed E-state index contributed by atoms with van der Waals surface area (Å²) in [6.45, 7) is 6.75. The summed E-state index contributed by atoms with van der Waals surface area (Å²) in [6, 6.07) is 0.106. The van der Waals surface area contributed by atoms with Crippen LogP contribution in [0.15, 0.2) is 12.2 Å². The van der Waals surface area contributed by atoms with Gasteiger partial charge < -0.3 is 10.0 Å². The van der Waals surface area contributed by atoms with Crippen molar-refractivity contribution in [2.24, 2.45) is 5.41 Å². The number of hydrogen-bond acceptors (Lipinski definition) is 1. The SMILES string of the molecule is CC(C)(C)C1CC=CCN1C(=O)O. The minimum absolute atomic E-state index is 0.0170. The van der Waals surface area contributed by atoms with Crippen molar-refractivity contribution in [3.63, 3.8) is 0 Å². The van der Waals surface area contributed by atoms with Crippen LogP contribution in [0, 0.1) is 5.41 Å². The molecule has 0 saturated carbocycles. The second-order valence-electron chi connectivity index (χ2n) is 4.52. The summed E-state index contributed by atoms with van der Waals surface area (Å²) in [5, 5.41) is 8.96. The number of carbonyl (C=O) groups is 1. The standard InChI is InChI=1S/C10H17NO2/c1-10(2,3)8-6-4-5-7-11(8)9(12)13/h4-5,8H,6-7H2,1-3H3,(H,12,13). The molecule has 1 unspecified atom stereocenters. The van der Waals surface area contributed by atoms with E-state index < -0.39 is 6.09 Å². The molecule has 1 amide bonds. The molecule has 1 atom stereocenters. The van der Waals surface area contributed by atoms with E-state index in [1.165, 1.54) is 4.90 Å². The van der Waals surface area contributed by atoms with E-state index in [2.05, 4.69) is 26.8 Å². The topological polar surface area (TPSA) is 40.5 Å². The molecule has 0 aromatic heterocycles. The first-order valence-corrected chi connectivity index (χ1v) is 4.57. The Bertz CT molecular complexity index is 228. The summed E-state index contributed by atoms with van der Waals surface area (Å²) >= 11 is 0. The van der Waals surface area contributed by atoms with Crippen LogP contribution in [0.5, 0.6) is 0 Å². The molecule has 13 heavy (non-hydrogen) atoms. The van der Waals surface area contributed by atoms with Gasteiger partial charge in [0.15, 0.2) is 0 Å². The lowest BCUT2D eigenvalue weighted by Gasteiger charge is -2.39. The van der Waals surface area contributed by atoms with Crippen molar-refractivity contribution < 1.29 is 9.90 Å². The molecule has 0 aromatic rings. The summed E-state index contributed by atoms with van der Waals surface area (Å²) in [5.74, 6) is 0. The Morgan fingerprint density at radius 1 is 1.46 bits per heavy atom. The zero-order valence-electron chi connectivity index (χ0n) is 8.45. The van der Waals surface area contributed by atoms with Crippen molar-refractivity contribution >= 4 is 6.09 Å². The van der Waals surface area contributed by atoms with E-state index in [1.54, 1.807) is 0 Å². The molecule has 0 bridgehead atoms. The van der Waals surface area contributed by atoms with Gasteiger partial charge in [-0.1, -0.05) is 32.9 Å². The van der Waals surface area contributed by atoms with E-state index in [1.807, 2.05) is 6.08 Å². The average molecular weight is 183 g/mol. The molecule has 3 nitrogen and oxygen atoms in total. The third-order valence-corrected chi connectivity index (χ3v) is 2.45. The van der Waals surface area contributed by atoms with Gasteiger partial charge in [0.2, 0.25) is 0 Å². The third-order valence-electron chi connectivity index (χ3n) is 2.45. The van der Waals surface area contributed by atoms with Gasteiger partial charge in [0.05, 0.1) is 0 Å². The van der Waals surface area contributed by atoms with E-state index in [0.717, 1.165) is 6.42 Å². The lowest BCUT2D eigenvalue weighted by atomic mass is 9.82. The second-order valence-corrected chi connectivity index (χ2v) is 4.52. The summed E-state index contributed by atoms with van der Waals surface area (Å²) in [4.78, 5) is 12.4. The van der Waals surface area contributed by atoms with Crippen molar-refractivity contribution in [1.82, 2.24) is 4.90 Å². The van der Waals surface area contributed by atoms with Crippen LogP contribution in [0.3, 0.4) is 0 Å². The summed E-state index contributed by atoms with van der Waals surface area (Å²) in [6.07, 6.45) is 3.99. The van der Waals surface area contributed by atoms with Crippen molar-refractivity contribution in [2.45, 2.75) is 33.2 Å². The summed E-state index contributed by atoms with van der Waals surface area (Å²) in [7, 11) is 0. The molecule has 1 aliphatic rings. The highest BCUT2D eigenvalue weighted by Gasteiger charge is 2.33. The molecule has 0 radical (unpaired) electrons. The molecule has 74 valence electrons. The van der Waals surface area contributed by atoms with Gasteiger partial charge in [-0.25, -0.2) is 4.79 Å². The van der Waals surface area contributed by atoms with Crippen molar-refractivity contribution in [1.29, 1.82) is 0 Å². The van der Waals surface area contributed by atoms with Gasteiger partial charge in [-0.05, 0) is 11.8 Å². The number of nitrogens with zero attached hydrogens (tertiary/aromatic N) is 1. The first kappa shape index (κ1) is 10.1. The van der Waals surface area contributed by atoms with Gasteiger partial charge in [-0.2, -0.15) is 0 Å². The Kier molecular flexibility index (Phi) is 2.64. The Morgan fingerprint density at radius 2 is 2.08 bits per heavy atom. The first-order valence-electron chi connectivity index (χ1n) is 4.57. The Morgan fingerprint density at radius 3 is 2.46 bits per heavy atom. The fourth-order valence-electron chi connectivity index (χ4n) is 1.70. The van der Waals surface area contributed by atoms with Crippen molar-refractivity contribution in [2.75, 3.05) is 6.54 Å². The largest absolute Gasteiger partial charge is 0.465 e. The van der Waals surface area contributed by atoms with Gasteiger partial charge in [0, 0.05) is 12.6 Å². The maximum atomic E-state index is 10.9. The lowest BCUT2D eigenvalue weighted by Crippen LogP contribution is -2.48. The molecule has 0 fully saturated rings. The van der Waals surface area contributed by atoms with Crippen LogP contribution in [0.4, 0.5) is 4.79 Å². The normalized spacial score (nSPS) is 23.3. The van der Waals surface area contributed by atoms with Gasteiger partial charge in [0.1, 0.15) is 0 Å². The quantitative estimate of drug-likeness (QED) is 0.585. The van der Waals surface area contributed by atoms with Crippen LogP contribution in [-0.2, 0) is 0 Å². The monoisotopic (exact) mass is 183 g/mol. The zero-order valence-corrected chi connectivity index (χ0v) is 8.45. The molecule has 0 aromatic carbocycles. The third kappa shape index (κ3) is 2.23. The predicted molar refractivity (Wildman–Crippen MR) is 51.7 cm³/mol. The zero-order chi connectivity index (χ0) is 10.1. The molecule has 1 aliphatic heterocycles. The van der Waals surface area contributed by atoms with E-state index >= 15 is 0 Å². The minimum atomic E-state index is -0.815. The highest BCUT2D eigenvalue weighted by molar-refractivity contribution is 5.66. The lowest BCUT2D eigenvalue weighted by molar-refractivity contribution is 0.0867. The number of amides is 1. The summed E-state index contributed by atoms with van der Waals surface area (Å²) < 4.78 is 0. The van der Waals surface area contributed by atoms with Gasteiger partial charge >= 0.3 is 6.09 Å². The summed E-state index contributed by atoms with van der Waals surface area (Å²) in [5.41, 5.74) is 0.0170. The molecule has 0 spiro atoms. The highest BCUT2D eigenvalue weighted by atomic mass is 16.4. The van der Waals surface area contributed by atoms with Gasteiger partial charge in [-0.3, -0.25) is 0 Å². The molecule has 1 heterocycles. The van der Waals surface area contributed by atoms with E-state index in [4.69, 9.17) is 5.11 Å². The molecule has 1 rings (SSSR count). The van der Waals surface area contributed by atoms with Crippen LogP contribution in [-0.4, -0.2) is 28.7 Å². The number of carboxylic acid groups (broad SMARTS) is 1. The molecule has 0 aliphatic carbocycles. The van der Waals surface area contributed by atoms with Crippen LogP contribution >= 0.6 is 0 Å². The minimum Gasteiger partial charge on any atom is -0.465 e. The molecule has 3 heteroatoms. The molecule has 0 saturated heterocycles. The Hall–Kier alpha value is -0.990. The average Bonchev–Trinajstić information content (AvgIpc) is 2.03. The molecule has 1 N–H and O–H groups in total. The van der Waals surface area contributed by atoms with E-state index in [-0.39, 0.29) is 11.5 Å². The van der Waals surface area contributed by atoms with Crippen LogP contribution in [0.2, 0.25) is 0 Å². The molecular formula is C10H17NO2. The van der Waals surface area contributed by atoms with Gasteiger partial charge in [-0.15, -0.1) is 0 Å². The maximum absolute atomic E-state index is 10.9. The second kappa shape index (κ2) is 3.40. The van der Waals surface area contributed by atoms with Crippen LogP contribution in [0.1, 0.15) is 27.2 Å². The Balaban J connectivity index is 2.81. The fourth-order valence-corrected chi connectivity index (χ4v) is 1.70. The van der Waals surface area contributed by atoms with Gasteiger partial charge in [0.25, 0.3) is 0 Å². The molecular weight excluding hydrogens is 166 g/mol. The van der Waals surface area contributed by atoms with Crippen molar-refractivity contribution in [3.05, 3.63) is 12.2 Å². The smallest absolute Gasteiger partial charge is 0.407 e. The van der Waals surface area contributed by atoms with E-state index in [9.17, 15) is 4.79 Å². The maximum Gasteiger partial charge on any atom is 0.407 e.